The number of allylic oxidation sites excluding steroid dienone is 1. The Morgan fingerprint density at radius 3 is 2.88 bits per heavy atom. The van der Waals surface area contributed by atoms with Gasteiger partial charge in [0.1, 0.15) is 5.02 Å². The summed E-state index contributed by atoms with van der Waals surface area (Å²) in [5, 5.41) is 10.8. The van der Waals surface area contributed by atoms with Crippen LogP contribution in [-0.2, 0) is 0 Å². The summed E-state index contributed by atoms with van der Waals surface area (Å²) in [5.41, 5.74) is 6.50. The summed E-state index contributed by atoms with van der Waals surface area (Å²) in [7, 11) is 0. The molecule has 0 amide bonds. The zero-order valence-corrected chi connectivity index (χ0v) is 9.48. The second-order valence-corrected chi connectivity index (χ2v) is 3.85. The fourth-order valence-corrected chi connectivity index (χ4v) is 1.55. The fourth-order valence-electron chi connectivity index (χ4n) is 1.36. The minimum Gasteiger partial charge on any atom is -0.324 e. The lowest BCUT2D eigenvalue weighted by molar-refractivity contribution is -0.384. The summed E-state index contributed by atoms with van der Waals surface area (Å²) in [6.07, 6.45) is 3.25. The number of benzene rings is 1. The lowest BCUT2D eigenvalue weighted by Gasteiger charge is -2.10. The van der Waals surface area contributed by atoms with Crippen molar-refractivity contribution < 1.29 is 4.92 Å². The van der Waals surface area contributed by atoms with Crippen LogP contribution >= 0.6 is 11.6 Å². The van der Waals surface area contributed by atoms with Crippen molar-refractivity contribution in [2.45, 2.75) is 18.9 Å². The smallest absolute Gasteiger partial charge is 0.288 e. The van der Waals surface area contributed by atoms with E-state index >= 15 is 0 Å². The Morgan fingerprint density at radius 2 is 2.31 bits per heavy atom. The highest BCUT2D eigenvalue weighted by molar-refractivity contribution is 6.32. The number of rotatable bonds is 5. The lowest BCUT2D eigenvalue weighted by atomic mass is 10.0. The van der Waals surface area contributed by atoms with Crippen LogP contribution < -0.4 is 5.73 Å². The van der Waals surface area contributed by atoms with Crippen LogP contribution in [0.2, 0.25) is 5.02 Å². The van der Waals surface area contributed by atoms with Crippen molar-refractivity contribution in [1.29, 1.82) is 0 Å². The van der Waals surface area contributed by atoms with Crippen molar-refractivity contribution in [2.24, 2.45) is 5.73 Å². The molecule has 0 aliphatic carbocycles. The Balaban J connectivity index is 2.93. The number of nitrogens with zero attached hydrogens (tertiary/aromatic N) is 1. The summed E-state index contributed by atoms with van der Waals surface area (Å²) < 4.78 is 0. The molecule has 0 spiro atoms. The van der Waals surface area contributed by atoms with Crippen LogP contribution in [0.15, 0.2) is 30.9 Å². The van der Waals surface area contributed by atoms with Gasteiger partial charge in [-0.15, -0.1) is 6.58 Å². The molecule has 0 aliphatic heterocycles. The Labute approximate surface area is 98.9 Å². The first-order valence-electron chi connectivity index (χ1n) is 4.86. The molecule has 1 aromatic carbocycles. The number of nitro groups is 1. The third-order valence-electron chi connectivity index (χ3n) is 2.28. The van der Waals surface area contributed by atoms with Gasteiger partial charge in [0, 0.05) is 12.1 Å². The number of hydrogen-bond acceptors (Lipinski definition) is 3. The molecule has 0 aromatic heterocycles. The molecule has 16 heavy (non-hydrogen) atoms. The van der Waals surface area contributed by atoms with Crippen LogP contribution in [0.4, 0.5) is 5.69 Å². The van der Waals surface area contributed by atoms with Crippen LogP contribution in [0, 0.1) is 10.1 Å². The predicted molar refractivity (Wildman–Crippen MR) is 64.5 cm³/mol. The van der Waals surface area contributed by atoms with Gasteiger partial charge in [0.25, 0.3) is 5.69 Å². The van der Waals surface area contributed by atoms with Crippen LogP contribution in [-0.4, -0.2) is 4.92 Å². The maximum absolute atomic E-state index is 10.7. The van der Waals surface area contributed by atoms with E-state index in [1.54, 1.807) is 12.1 Å². The Morgan fingerprint density at radius 1 is 1.62 bits per heavy atom. The fraction of sp³-hybridized carbons (Fsp3) is 0.273. The lowest BCUT2D eigenvalue weighted by Crippen LogP contribution is -2.10. The summed E-state index contributed by atoms with van der Waals surface area (Å²) in [6.45, 7) is 3.60. The molecular weight excluding hydrogens is 228 g/mol. The van der Waals surface area contributed by atoms with Gasteiger partial charge in [0.05, 0.1) is 4.92 Å². The largest absolute Gasteiger partial charge is 0.324 e. The quantitative estimate of drug-likeness (QED) is 0.488. The normalized spacial score (nSPS) is 12.1. The molecule has 0 fully saturated rings. The van der Waals surface area contributed by atoms with E-state index in [0.29, 0.717) is 6.42 Å². The van der Waals surface area contributed by atoms with E-state index in [2.05, 4.69) is 6.58 Å². The molecule has 0 saturated heterocycles. The van der Waals surface area contributed by atoms with Crippen molar-refractivity contribution in [3.8, 4) is 0 Å². The van der Waals surface area contributed by atoms with Crippen molar-refractivity contribution in [3.63, 3.8) is 0 Å². The third kappa shape index (κ3) is 3.05. The van der Waals surface area contributed by atoms with E-state index in [-0.39, 0.29) is 16.8 Å². The first kappa shape index (κ1) is 12.7. The van der Waals surface area contributed by atoms with E-state index in [0.717, 1.165) is 12.0 Å². The molecule has 0 saturated carbocycles. The molecule has 0 radical (unpaired) electrons. The molecule has 86 valence electrons. The van der Waals surface area contributed by atoms with Gasteiger partial charge in [-0.2, -0.15) is 0 Å². The van der Waals surface area contributed by atoms with Crippen molar-refractivity contribution in [2.75, 3.05) is 0 Å². The molecule has 4 nitrogen and oxygen atoms in total. The SMILES string of the molecule is C=CCC[C@H](N)c1ccc(Cl)c([N+](=O)[O-])c1. The second kappa shape index (κ2) is 5.63. The molecule has 0 bridgehead atoms. The Kier molecular flexibility index (Phi) is 4.46. The maximum atomic E-state index is 10.7. The van der Waals surface area contributed by atoms with Crippen LogP contribution in [0.25, 0.3) is 0 Å². The summed E-state index contributed by atoms with van der Waals surface area (Å²) in [4.78, 5) is 10.2. The predicted octanol–water partition coefficient (Wildman–Crippen LogP) is 3.21. The molecule has 0 heterocycles. The highest BCUT2D eigenvalue weighted by atomic mass is 35.5. The molecule has 1 aromatic rings. The van der Waals surface area contributed by atoms with Gasteiger partial charge < -0.3 is 5.73 Å². The Bertz CT molecular complexity index is 407. The van der Waals surface area contributed by atoms with Crippen molar-refractivity contribution in [3.05, 3.63) is 51.6 Å². The first-order valence-corrected chi connectivity index (χ1v) is 5.24. The third-order valence-corrected chi connectivity index (χ3v) is 2.60. The van der Waals surface area contributed by atoms with Gasteiger partial charge >= 0.3 is 0 Å². The number of hydrogen-bond donors (Lipinski definition) is 1. The first-order chi connectivity index (χ1) is 7.56. The molecule has 2 N–H and O–H groups in total. The number of nitro benzene ring substituents is 1. The average Bonchev–Trinajstić information content (AvgIpc) is 2.26. The van der Waals surface area contributed by atoms with Gasteiger partial charge in [-0.25, -0.2) is 0 Å². The zero-order chi connectivity index (χ0) is 12.1. The molecule has 1 atom stereocenters. The number of nitrogens with two attached hydrogens (primary N) is 1. The highest BCUT2D eigenvalue weighted by Crippen LogP contribution is 2.28. The minimum atomic E-state index is -0.508. The molecule has 5 heteroatoms. The van der Waals surface area contributed by atoms with Gasteiger partial charge in [-0.05, 0) is 24.5 Å². The molecule has 0 aliphatic rings. The van der Waals surface area contributed by atoms with Crippen LogP contribution in [0.1, 0.15) is 24.4 Å². The standard InChI is InChI=1S/C11H13ClN2O2/c1-2-3-4-10(13)8-5-6-9(12)11(7-8)14(15)16/h2,5-7,10H,1,3-4,13H2/t10-/m0/s1. The van der Waals surface area contributed by atoms with E-state index in [9.17, 15) is 10.1 Å². The Hall–Kier alpha value is -1.39. The zero-order valence-electron chi connectivity index (χ0n) is 8.73. The summed E-state index contributed by atoms with van der Waals surface area (Å²) >= 11 is 5.70. The summed E-state index contributed by atoms with van der Waals surface area (Å²) in [5.74, 6) is 0. The van der Waals surface area contributed by atoms with E-state index in [4.69, 9.17) is 17.3 Å². The average molecular weight is 241 g/mol. The topological polar surface area (TPSA) is 69.2 Å². The monoisotopic (exact) mass is 240 g/mol. The molecule has 1 rings (SSSR count). The van der Waals surface area contributed by atoms with Crippen molar-refractivity contribution in [1.82, 2.24) is 0 Å². The highest BCUT2D eigenvalue weighted by Gasteiger charge is 2.15. The minimum absolute atomic E-state index is 0.104. The van der Waals surface area contributed by atoms with Crippen LogP contribution in [0.5, 0.6) is 0 Å². The second-order valence-electron chi connectivity index (χ2n) is 3.44. The van der Waals surface area contributed by atoms with E-state index < -0.39 is 4.92 Å². The molecule has 0 unspecified atom stereocenters. The van der Waals surface area contributed by atoms with Gasteiger partial charge in [0.15, 0.2) is 0 Å². The summed E-state index contributed by atoms with van der Waals surface area (Å²) in [6, 6.07) is 4.41. The van der Waals surface area contributed by atoms with E-state index in [1.807, 2.05) is 0 Å². The molecular formula is C11H13ClN2O2. The van der Waals surface area contributed by atoms with Gasteiger partial charge in [0.2, 0.25) is 0 Å². The van der Waals surface area contributed by atoms with Gasteiger partial charge in [-0.3, -0.25) is 10.1 Å². The van der Waals surface area contributed by atoms with Crippen LogP contribution in [0.3, 0.4) is 0 Å². The maximum Gasteiger partial charge on any atom is 0.288 e. The number of halogens is 1. The van der Waals surface area contributed by atoms with Gasteiger partial charge in [-0.1, -0.05) is 23.7 Å². The van der Waals surface area contributed by atoms with E-state index in [1.165, 1.54) is 12.1 Å². The van der Waals surface area contributed by atoms with Crippen molar-refractivity contribution >= 4 is 17.3 Å².